The molecule has 0 heterocycles. The second-order valence-corrected chi connectivity index (χ2v) is 4.02. The molecule has 0 spiro atoms. The van der Waals surface area contributed by atoms with Crippen LogP contribution in [0.5, 0.6) is 0 Å². The van der Waals surface area contributed by atoms with E-state index in [9.17, 15) is 9.59 Å². The third kappa shape index (κ3) is 1.83. The Morgan fingerprint density at radius 3 is 2.56 bits per heavy atom. The van der Waals surface area contributed by atoms with Crippen molar-refractivity contribution in [3.63, 3.8) is 0 Å². The van der Waals surface area contributed by atoms with Gasteiger partial charge in [-0.3, -0.25) is 9.59 Å². The second kappa shape index (κ2) is 4.44. The summed E-state index contributed by atoms with van der Waals surface area (Å²) in [5, 5.41) is 0. The van der Waals surface area contributed by atoms with Gasteiger partial charge in [-0.05, 0) is 24.5 Å². The number of carbonyl (C=O) groups is 2. The van der Waals surface area contributed by atoms with Crippen molar-refractivity contribution in [2.24, 2.45) is 0 Å². The Morgan fingerprint density at radius 1 is 1.06 bits per heavy atom. The number of fused-ring (bicyclic) bond motifs is 1. The van der Waals surface area contributed by atoms with Crippen molar-refractivity contribution in [1.29, 1.82) is 0 Å². The van der Waals surface area contributed by atoms with E-state index in [2.05, 4.69) is 6.92 Å². The lowest BCUT2D eigenvalue weighted by molar-refractivity contribution is -0.112. The fourth-order valence-electron chi connectivity index (χ4n) is 1.90. The third-order valence-corrected chi connectivity index (χ3v) is 2.83. The number of unbranched alkanes of at least 4 members (excludes halogenated alkanes) is 1. The lowest BCUT2D eigenvalue weighted by atomic mass is 9.88. The fraction of sp³-hybridized carbons (Fsp3) is 0.286. The first-order chi connectivity index (χ1) is 7.74. The van der Waals surface area contributed by atoms with Gasteiger partial charge in [0.2, 0.25) is 11.6 Å². The van der Waals surface area contributed by atoms with E-state index in [0.29, 0.717) is 17.6 Å². The first-order valence-corrected chi connectivity index (χ1v) is 5.62. The number of hydrogen-bond acceptors (Lipinski definition) is 2. The van der Waals surface area contributed by atoms with Crippen LogP contribution in [0.15, 0.2) is 29.8 Å². The molecule has 0 atom stereocenters. The highest BCUT2D eigenvalue weighted by Gasteiger charge is 2.26. The fourth-order valence-corrected chi connectivity index (χ4v) is 1.90. The van der Waals surface area contributed by atoms with Gasteiger partial charge in [-0.25, -0.2) is 0 Å². The Balaban J connectivity index is 2.39. The summed E-state index contributed by atoms with van der Waals surface area (Å²) in [5.74, 6) is -0.684. The molecule has 1 aliphatic rings. The maximum atomic E-state index is 11.8. The Bertz CT molecular complexity index is 469. The number of allylic oxidation sites excluding steroid dienone is 1. The summed E-state index contributed by atoms with van der Waals surface area (Å²) >= 11 is 0. The van der Waals surface area contributed by atoms with Crippen LogP contribution >= 0.6 is 0 Å². The van der Waals surface area contributed by atoms with Gasteiger partial charge in [0.25, 0.3) is 0 Å². The summed E-state index contributed by atoms with van der Waals surface area (Å²) in [5.41, 5.74) is 2.07. The van der Waals surface area contributed by atoms with Crippen LogP contribution in [-0.4, -0.2) is 11.6 Å². The van der Waals surface area contributed by atoms with Crippen LogP contribution in [0.1, 0.15) is 42.1 Å². The molecule has 0 saturated heterocycles. The average molecular weight is 214 g/mol. The van der Waals surface area contributed by atoms with Crippen LogP contribution in [-0.2, 0) is 4.79 Å². The molecule has 0 unspecified atom stereocenters. The van der Waals surface area contributed by atoms with Gasteiger partial charge in [0.15, 0.2) is 0 Å². The first-order valence-electron chi connectivity index (χ1n) is 5.62. The van der Waals surface area contributed by atoms with Gasteiger partial charge in [-0.2, -0.15) is 0 Å². The van der Waals surface area contributed by atoms with Crippen molar-refractivity contribution in [2.75, 3.05) is 0 Å². The maximum Gasteiger partial charge on any atom is 0.233 e. The highest BCUT2D eigenvalue weighted by Crippen LogP contribution is 2.24. The largest absolute Gasteiger partial charge is 0.285 e. The van der Waals surface area contributed by atoms with Gasteiger partial charge in [0, 0.05) is 11.1 Å². The van der Waals surface area contributed by atoms with E-state index < -0.39 is 0 Å². The van der Waals surface area contributed by atoms with Crippen LogP contribution in [0.4, 0.5) is 0 Å². The molecule has 0 radical (unpaired) electrons. The molecule has 0 bridgehead atoms. The van der Waals surface area contributed by atoms with Crippen LogP contribution in [0, 0.1) is 0 Å². The molecular weight excluding hydrogens is 200 g/mol. The van der Waals surface area contributed by atoms with E-state index in [-0.39, 0.29) is 11.6 Å². The Labute approximate surface area is 95.0 Å². The molecule has 0 aliphatic heterocycles. The number of benzene rings is 1. The molecule has 2 nitrogen and oxygen atoms in total. The first kappa shape index (κ1) is 10.8. The summed E-state index contributed by atoms with van der Waals surface area (Å²) in [4.78, 5) is 23.6. The molecule has 82 valence electrons. The minimum absolute atomic E-state index is 0.327. The van der Waals surface area contributed by atoms with E-state index in [1.54, 1.807) is 12.1 Å². The van der Waals surface area contributed by atoms with Gasteiger partial charge in [-0.1, -0.05) is 37.6 Å². The van der Waals surface area contributed by atoms with Gasteiger partial charge in [0.1, 0.15) is 0 Å². The van der Waals surface area contributed by atoms with E-state index in [0.717, 1.165) is 18.4 Å². The summed E-state index contributed by atoms with van der Waals surface area (Å²) in [6.07, 6.45) is 4.54. The van der Waals surface area contributed by atoms with Crippen molar-refractivity contribution in [3.8, 4) is 0 Å². The molecule has 0 aromatic heterocycles. The summed E-state index contributed by atoms with van der Waals surface area (Å²) < 4.78 is 0. The molecule has 0 saturated carbocycles. The summed E-state index contributed by atoms with van der Waals surface area (Å²) in [6.45, 7) is 2.07. The minimum atomic E-state index is -0.357. The highest BCUT2D eigenvalue weighted by molar-refractivity contribution is 6.51. The van der Waals surface area contributed by atoms with Crippen LogP contribution in [0.3, 0.4) is 0 Å². The van der Waals surface area contributed by atoms with Crippen LogP contribution in [0.2, 0.25) is 0 Å². The number of carbonyl (C=O) groups excluding carboxylic acids is 2. The Morgan fingerprint density at radius 2 is 1.81 bits per heavy atom. The summed E-state index contributed by atoms with van der Waals surface area (Å²) in [7, 11) is 0. The predicted octanol–water partition coefficient (Wildman–Crippen LogP) is 3.03. The molecule has 1 aliphatic carbocycles. The van der Waals surface area contributed by atoms with Crippen molar-refractivity contribution >= 4 is 17.6 Å². The van der Waals surface area contributed by atoms with E-state index in [1.165, 1.54) is 0 Å². The third-order valence-electron chi connectivity index (χ3n) is 2.83. The molecule has 1 aromatic rings. The molecule has 0 N–H and O–H groups in total. The van der Waals surface area contributed by atoms with Gasteiger partial charge in [-0.15, -0.1) is 0 Å². The highest BCUT2D eigenvalue weighted by atomic mass is 16.2. The SMILES string of the molecule is CCCCC1=Cc2ccccc2C(=O)C1=O. The molecule has 1 aromatic carbocycles. The zero-order valence-electron chi connectivity index (χ0n) is 9.32. The van der Waals surface area contributed by atoms with Crippen molar-refractivity contribution < 1.29 is 9.59 Å². The number of Topliss-reactive ketones (excluding diaryl/α,β-unsaturated/α-hetero) is 2. The topological polar surface area (TPSA) is 34.1 Å². The van der Waals surface area contributed by atoms with E-state index >= 15 is 0 Å². The molecule has 0 amide bonds. The average Bonchev–Trinajstić information content (AvgIpc) is 2.32. The maximum absolute atomic E-state index is 11.8. The van der Waals surface area contributed by atoms with Crippen molar-refractivity contribution in [3.05, 3.63) is 41.0 Å². The molecule has 0 fully saturated rings. The molecule has 2 heteroatoms. The zero-order valence-corrected chi connectivity index (χ0v) is 9.32. The monoisotopic (exact) mass is 214 g/mol. The molecule has 2 rings (SSSR count). The predicted molar refractivity (Wildman–Crippen MR) is 63.3 cm³/mol. The van der Waals surface area contributed by atoms with Crippen LogP contribution in [0.25, 0.3) is 6.08 Å². The standard InChI is InChI=1S/C14H14O2/c1-2-3-6-11-9-10-7-4-5-8-12(10)14(16)13(11)15/h4-5,7-9H,2-3,6H2,1H3. The van der Waals surface area contributed by atoms with Gasteiger partial charge >= 0.3 is 0 Å². The minimum Gasteiger partial charge on any atom is -0.285 e. The normalized spacial score (nSPS) is 14.7. The van der Waals surface area contributed by atoms with E-state index in [4.69, 9.17) is 0 Å². The number of hydrogen-bond donors (Lipinski definition) is 0. The van der Waals surface area contributed by atoms with E-state index in [1.807, 2.05) is 18.2 Å². The van der Waals surface area contributed by atoms with Crippen molar-refractivity contribution in [1.82, 2.24) is 0 Å². The second-order valence-electron chi connectivity index (χ2n) is 4.02. The quantitative estimate of drug-likeness (QED) is 0.725. The summed E-state index contributed by atoms with van der Waals surface area (Å²) in [6, 6.07) is 7.26. The lowest BCUT2D eigenvalue weighted by Crippen LogP contribution is -2.21. The Kier molecular flexibility index (Phi) is 3.00. The Hall–Kier alpha value is -1.70. The molecular formula is C14H14O2. The smallest absolute Gasteiger partial charge is 0.233 e. The van der Waals surface area contributed by atoms with Gasteiger partial charge < -0.3 is 0 Å². The van der Waals surface area contributed by atoms with Crippen molar-refractivity contribution in [2.45, 2.75) is 26.2 Å². The zero-order chi connectivity index (χ0) is 11.5. The number of rotatable bonds is 3. The lowest BCUT2D eigenvalue weighted by Gasteiger charge is -2.13. The molecule has 16 heavy (non-hydrogen) atoms. The number of ketones is 2. The van der Waals surface area contributed by atoms with Gasteiger partial charge in [0.05, 0.1) is 0 Å². The van der Waals surface area contributed by atoms with Crippen LogP contribution < -0.4 is 0 Å².